The van der Waals surface area contributed by atoms with Gasteiger partial charge in [-0.1, -0.05) is 0 Å². The summed E-state index contributed by atoms with van der Waals surface area (Å²) >= 11 is 1.60. The Hall–Kier alpha value is -0.410. The number of alkyl halides is 1. The lowest BCUT2D eigenvalue weighted by atomic mass is 9.74. The van der Waals surface area contributed by atoms with Gasteiger partial charge in [0.25, 0.3) is 0 Å². The van der Waals surface area contributed by atoms with Gasteiger partial charge >= 0.3 is 0 Å². The van der Waals surface area contributed by atoms with Crippen molar-refractivity contribution >= 4 is 11.3 Å². The Labute approximate surface area is 75.4 Å². The third kappa shape index (κ3) is 1.17. The third-order valence-corrected chi connectivity index (χ3v) is 3.28. The topological polar surface area (TPSA) is 26.0 Å². The normalized spacial score (nSPS) is 34.8. The third-order valence-electron chi connectivity index (χ3n) is 2.42. The fraction of sp³-hybridized carbons (Fsp3) is 0.556. The molecule has 1 nitrogen and oxygen atoms in total. The van der Waals surface area contributed by atoms with Gasteiger partial charge in [0.1, 0.15) is 5.67 Å². The first-order valence-electron chi connectivity index (χ1n) is 4.10. The van der Waals surface area contributed by atoms with E-state index in [9.17, 15) is 4.39 Å². The molecule has 2 rings (SSSR count). The summed E-state index contributed by atoms with van der Waals surface area (Å²) in [5.41, 5.74) is 5.28. The molecule has 1 aliphatic carbocycles. The molecular weight excluding hydrogens is 173 g/mol. The summed E-state index contributed by atoms with van der Waals surface area (Å²) < 4.78 is 13.8. The average Bonchev–Trinajstić information content (AvgIpc) is 2.33. The van der Waals surface area contributed by atoms with Gasteiger partial charge < -0.3 is 5.73 Å². The second-order valence-corrected chi connectivity index (χ2v) is 4.70. The smallest absolute Gasteiger partial charge is 0.139 e. The van der Waals surface area contributed by atoms with Crippen LogP contribution in [-0.4, -0.2) is 6.04 Å². The number of hydrogen-bond donors (Lipinski definition) is 1. The van der Waals surface area contributed by atoms with E-state index in [1.165, 1.54) is 4.88 Å². The summed E-state index contributed by atoms with van der Waals surface area (Å²) in [5, 5.41) is 1.90. The minimum absolute atomic E-state index is 0.0650. The van der Waals surface area contributed by atoms with Crippen molar-refractivity contribution in [1.29, 1.82) is 0 Å². The van der Waals surface area contributed by atoms with Crippen molar-refractivity contribution in [3.05, 3.63) is 21.9 Å². The molecule has 66 valence electrons. The molecule has 0 radical (unpaired) electrons. The Morgan fingerprint density at radius 3 is 2.75 bits per heavy atom. The highest BCUT2D eigenvalue weighted by molar-refractivity contribution is 7.10. The van der Waals surface area contributed by atoms with Gasteiger partial charge in [0.2, 0.25) is 0 Å². The fourth-order valence-electron chi connectivity index (χ4n) is 1.69. The maximum Gasteiger partial charge on any atom is 0.139 e. The second kappa shape index (κ2) is 2.54. The van der Waals surface area contributed by atoms with E-state index in [1.807, 2.05) is 18.4 Å². The average molecular weight is 185 g/mol. The summed E-state index contributed by atoms with van der Waals surface area (Å²) in [4.78, 5) is 1.17. The molecule has 0 amide bonds. The number of hydrogen-bond acceptors (Lipinski definition) is 2. The molecule has 1 saturated carbocycles. The molecular formula is C9H12FNS. The standard InChI is InChI=1S/C9H12FNS/c1-6-2-7(5-12-6)9(10)3-8(11)4-9/h2,5,8H,3-4,11H2,1H3. The van der Waals surface area contributed by atoms with Crippen molar-refractivity contribution in [2.75, 3.05) is 0 Å². The predicted molar refractivity (Wildman–Crippen MR) is 49.1 cm³/mol. The molecule has 0 aromatic carbocycles. The summed E-state index contributed by atoms with van der Waals surface area (Å²) in [6.45, 7) is 2.00. The van der Waals surface area contributed by atoms with Gasteiger partial charge in [0.05, 0.1) is 0 Å². The van der Waals surface area contributed by atoms with E-state index in [-0.39, 0.29) is 6.04 Å². The van der Waals surface area contributed by atoms with E-state index < -0.39 is 5.67 Å². The van der Waals surface area contributed by atoms with E-state index in [4.69, 9.17) is 5.73 Å². The van der Waals surface area contributed by atoms with Crippen LogP contribution >= 0.6 is 11.3 Å². The van der Waals surface area contributed by atoms with Gasteiger partial charge in [-0.05, 0) is 18.4 Å². The van der Waals surface area contributed by atoms with Gasteiger partial charge in [-0.3, -0.25) is 0 Å². The van der Waals surface area contributed by atoms with Crippen molar-refractivity contribution in [3.63, 3.8) is 0 Å². The Morgan fingerprint density at radius 1 is 1.67 bits per heavy atom. The first-order valence-corrected chi connectivity index (χ1v) is 4.98. The monoisotopic (exact) mass is 185 g/mol. The maximum atomic E-state index is 13.8. The van der Waals surface area contributed by atoms with Crippen LogP contribution < -0.4 is 5.73 Å². The molecule has 2 N–H and O–H groups in total. The zero-order chi connectivity index (χ0) is 8.77. The summed E-state index contributed by atoms with van der Waals surface area (Å²) in [7, 11) is 0. The van der Waals surface area contributed by atoms with Crippen LogP contribution in [0.25, 0.3) is 0 Å². The molecule has 12 heavy (non-hydrogen) atoms. The minimum atomic E-state index is -1.11. The number of rotatable bonds is 1. The molecule has 1 aliphatic rings. The highest BCUT2D eigenvalue weighted by atomic mass is 32.1. The SMILES string of the molecule is Cc1cc(C2(F)CC(N)C2)cs1. The molecule has 0 spiro atoms. The van der Waals surface area contributed by atoms with Crippen LogP contribution in [0.3, 0.4) is 0 Å². The number of nitrogens with two attached hydrogens (primary N) is 1. The van der Waals surface area contributed by atoms with Gasteiger partial charge in [-0.25, -0.2) is 4.39 Å². The Balaban J connectivity index is 2.20. The molecule has 0 unspecified atom stereocenters. The van der Waals surface area contributed by atoms with E-state index in [0.29, 0.717) is 12.8 Å². The largest absolute Gasteiger partial charge is 0.327 e. The second-order valence-electron chi connectivity index (χ2n) is 3.58. The highest BCUT2D eigenvalue weighted by Crippen LogP contribution is 2.45. The van der Waals surface area contributed by atoms with Crippen LogP contribution in [-0.2, 0) is 5.67 Å². The van der Waals surface area contributed by atoms with Gasteiger partial charge in [-0.2, -0.15) is 0 Å². The summed E-state index contributed by atoms with van der Waals surface area (Å²) in [5.74, 6) is 0. The van der Waals surface area contributed by atoms with Gasteiger partial charge in [-0.15, -0.1) is 11.3 Å². The first-order chi connectivity index (χ1) is 5.60. The zero-order valence-corrected chi connectivity index (χ0v) is 7.83. The number of thiophene rings is 1. The van der Waals surface area contributed by atoms with Crippen molar-refractivity contribution in [3.8, 4) is 0 Å². The zero-order valence-electron chi connectivity index (χ0n) is 7.01. The molecule has 0 aliphatic heterocycles. The van der Waals surface area contributed by atoms with E-state index in [1.54, 1.807) is 11.3 Å². The molecule has 3 heteroatoms. The Bertz CT molecular complexity index is 288. The van der Waals surface area contributed by atoms with Crippen LogP contribution in [0.2, 0.25) is 0 Å². The fourth-order valence-corrected chi connectivity index (χ4v) is 2.47. The predicted octanol–water partition coefficient (Wildman–Crippen LogP) is 2.34. The van der Waals surface area contributed by atoms with E-state index >= 15 is 0 Å². The highest BCUT2D eigenvalue weighted by Gasteiger charge is 2.44. The van der Waals surface area contributed by atoms with Crippen LogP contribution in [0.15, 0.2) is 11.4 Å². The van der Waals surface area contributed by atoms with Crippen LogP contribution in [0.5, 0.6) is 0 Å². The Morgan fingerprint density at radius 2 is 2.33 bits per heavy atom. The molecule has 1 aromatic rings. The molecule has 1 aromatic heterocycles. The Kier molecular flexibility index (Phi) is 1.73. The van der Waals surface area contributed by atoms with Crippen molar-refractivity contribution in [1.82, 2.24) is 0 Å². The van der Waals surface area contributed by atoms with Crippen molar-refractivity contribution in [2.24, 2.45) is 5.73 Å². The number of aryl methyl sites for hydroxylation is 1. The summed E-state index contributed by atoms with van der Waals surface area (Å²) in [6.07, 6.45) is 0.979. The lowest BCUT2D eigenvalue weighted by Crippen LogP contribution is -2.45. The first kappa shape index (κ1) is 8.20. The van der Waals surface area contributed by atoms with E-state index in [0.717, 1.165) is 5.56 Å². The lowest BCUT2D eigenvalue weighted by molar-refractivity contribution is 0.0410. The molecule has 1 heterocycles. The summed E-state index contributed by atoms with van der Waals surface area (Å²) in [6, 6.07) is 1.99. The molecule has 0 bridgehead atoms. The van der Waals surface area contributed by atoms with E-state index in [2.05, 4.69) is 0 Å². The van der Waals surface area contributed by atoms with Crippen molar-refractivity contribution < 1.29 is 4.39 Å². The van der Waals surface area contributed by atoms with Crippen LogP contribution in [0, 0.1) is 6.92 Å². The molecule has 0 saturated heterocycles. The van der Waals surface area contributed by atoms with Gasteiger partial charge in [0.15, 0.2) is 0 Å². The van der Waals surface area contributed by atoms with Crippen LogP contribution in [0.1, 0.15) is 23.3 Å². The lowest BCUT2D eigenvalue weighted by Gasteiger charge is -2.38. The number of halogens is 1. The van der Waals surface area contributed by atoms with Crippen molar-refractivity contribution in [2.45, 2.75) is 31.5 Å². The molecule has 1 fully saturated rings. The maximum absolute atomic E-state index is 13.8. The van der Waals surface area contributed by atoms with Gasteiger partial charge in [0, 0.05) is 29.3 Å². The van der Waals surface area contributed by atoms with Crippen LogP contribution in [0.4, 0.5) is 4.39 Å². The minimum Gasteiger partial charge on any atom is -0.327 e. The molecule has 0 atom stereocenters. The quantitative estimate of drug-likeness (QED) is 0.714.